The molecule has 5 heteroatoms. The molecule has 0 unspecified atom stereocenters. The molecule has 2 aromatic rings. The Morgan fingerprint density at radius 2 is 2.10 bits per heavy atom. The average molecular weight is 324 g/mol. The van der Waals surface area contributed by atoms with Crippen LogP contribution < -0.4 is 5.32 Å². The van der Waals surface area contributed by atoms with Crippen molar-refractivity contribution in [3.63, 3.8) is 0 Å². The summed E-state index contributed by atoms with van der Waals surface area (Å²) in [6.07, 6.45) is 0.877. The highest BCUT2D eigenvalue weighted by atomic mass is 32.2. The number of hydrogen-bond donors (Lipinski definition) is 1. The summed E-state index contributed by atoms with van der Waals surface area (Å²) in [6, 6.07) is 5.26. The molecule has 1 heterocycles. The first-order valence-corrected chi connectivity index (χ1v) is 9.12. The van der Waals surface area contributed by atoms with Crippen LogP contribution >= 0.6 is 23.1 Å². The Hall–Kier alpha value is -0.910. The van der Waals surface area contributed by atoms with Gasteiger partial charge >= 0.3 is 0 Å². The van der Waals surface area contributed by atoms with Gasteiger partial charge < -0.3 is 5.32 Å². The fraction of sp³-hybridized carbons (Fsp3) is 0.438. The predicted octanol–water partition coefficient (Wildman–Crippen LogP) is 4.73. The third-order valence-corrected chi connectivity index (χ3v) is 5.19. The van der Waals surface area contributed by atoms with E-state index < -0.39 is 0 Å². The summed E-state index contributed by atoms with van der Waals surface area (Å²) in [6.45, 7) is 7.99. The summed E-state index contributed by atoms with van der Waals surface area (Å²) in [5, 5.41) is 4.13. The van der Waals surface area contributed by atoms with Crippen LogP contribution in [0.3, 0.4) is 0 Å². The lowest BCUT2D eigenvalue weighted by molar-refractivity contribution is 0.628. The van der Waals surface area contributed by atoms with Gasteiger partial charge in [-0.3, -0.25) is 0 Å². The zero-order valence-electron chi connectivity index (χ0n) is 12.7. The number of hydrogen-bond acceptors (Lipinski definition) is 4. The molecule has 2 rings (SSSR count). The summed E-state index contributed by atoms with van der Waals surface area (Å²) in [4.78, 5) is 6.87. The minimum absolute atomic E-state index is 0.181. The van der Waals surface area contributed by atoms with Gasteiger partial charge in [0.05, 0.1) is 11.3 Å². The van der Waals surface area contributed by atoms with E-state index in [1.165, 1.54) is 10.9 Å². The van der Waals surface area contributed by atoms with Crippen LogP contribution in [0.15, 0.2) is 23.1 Å². The van der Waals surface area contributed by atoms with Crippen LogP contribution in [0, 0.1) is 5.82 Å². The Balaban J connectivity index is 2.44. The van der Waals surface area contributed by atoms with Crippen molar-refractivity contribution in [2.24, 2.45) is 0 Å². The standard InChI is InChI=1S/C16H21FN2S2/c1-4-12-14(10-18-5-2)21-16(19-12)15-11(17)8-7-9-13(15)20-6-3/h7-9,18H,4-6,10H2,1-3H3. The van der Waals surface area contributed by atoms with Crippen molar-refractivity contribution in [3.05, 3.63) is 34.6 Å². The molecule has 0 aliphatic carbocycles. The Bertz CT molecular complexity index is 596. The number of thioether (sulfide) groups is 1. The normalized spacial score (nSPS) is 11.0. The molecule has 0 spiro atoms. The lowest BCUT2D eigenvalue weighted by atomic mass is 10.2. The highest BCUT2D eigenvalue weighted by Crippen LogP contribution is 2.37. The molecule has 1 N–H and O–H groups in total. The Morgan fingerprint density at radius 1 is 1.29 bits per heavy atom. The van der Waals surface area contributed by atoms with Crippen LogP contribution in [-0.2, 0) is 13.0 Å². The third kappa shape index (κ3) is 3.84. The van der Waals surface area contributed by atoms with E-state index in [0.29, 0.717) is 5.56 Å². The highest BCUT2D eigenvalue weighted by Gasteiger charge is 2.17. The number of halogens is 1. The fourth-order valence-electron chi connectivity index (χ4n) is 2.13. The summed E-state index contributed by atoms with van der Waals surface area (Å²) < 4.78 is 14.3. The van der Waals surface area contributed by atoms with Gasteiger partial charge in [0.2, 0.25) is 0 Å². The number of aryl methyl sites for hydroxylation is 1. The molecule has 0 saturated carbocycles. The molecule has 114 valence electrons. The minimum Gasteiger partial charge on any atom is -0.312 e. The number of rotatable bonds is 7. The van der Waals surface area contributed by atoms with Gasteiger partial charge in [-0.25, -0.2) is 9.37 Å². The number of benzene rings is 1. The smallest absolute Gasteiger partial charge is 0.134 e. The van der Waals surface area contributed by atoms with Gasteiger partial charge in [0.15, 0.2) is 0 Å². The molecular formula is C16H21FN2S2. The molecule has 0 aliphatic rings. The van der Waals surface area contributed by atoms with Gasteiger partial charge in [-0.1, -0.05) is 26.8 Å². The molecule has 0 amide bonds. The summed E-state index contributed by atoms with van der Waals surface area (Å²) in [5.41, 5.74) is 1.73. The van der Waals surface area contributed by atoms with Crippen LogP contribution in [0.4, 0.5) is 4.39 Å². The molecule has 0 fully saturated rings. The maximum Gasteiger partial charge on any atom is 0.134 e. The SMILES string of the molecule is CCNCc1sc(-c2c(F)cccc2SCC)nc1CC. The van der Waals surface area contributed by atoms with Crippen molar-refractivity contribution in [2.45, 2.75) is 38.6 Å². The maximum atomic E-state index is 14.3. The van der Waals surface area contributed by atoms with Crippen molar-refractivity contribution in [3.8, 4) is 10.6 Å². The summed E-state index contributed by atoms with van der Waals surface area (Å²) in [7, 11) is 0. The van der Waals surface area contributed by atoms with Gasteiger partial charge in [0.25, 0.3) is 0 Å². The van der Waals surface area contributed by atoms with E-state index in [4.69, 9.17) is 0 Å². The van der Waals surface area contributed by atoms with Crippen molar-refractivity contribution in [1.29, 1.82) is 0 Å². The molecule has 2 nitrogen and oxygen atoms in total. The molecule has 0 saturated heterocycles. The van der Waals surface area contributed by atoms with E-state index in [-0.39, 0.29) is 5.82 Å². The zero-order valence-corrected chi connectivity index (χ0v) is 14.3. The van der Waals surface area contributed by atoms with Crippen LogP contribution in [0.5, 0.6) is 0 Å². The second-order valence-corrected chi connectivity index (χ2v) is 6.96. The number of aromatic nitrogens is 1. The fourth-order valence-corrected chi connectivity index (χ4v) is 4.20. The van der Waals surface area contributed by atoms with E-state index in [2.05, 4.69) is 31.1 Å². The van der Waals surface area contributed by atoms with Gasteiger partial charge in [0.1, 0.15) is 10.8 Å². The second kappa shape index (κ2) is 7.92. The van der Waals surface area contributed by atoms with Gasteiger partial charge in [-0.05, 0) is 30.9 Å². The summed E-state index contributed by atoms with van der Waals surface area (Å²) in [5.74, 6) is 0.743. The molecule has 0 atom stereocenters. The summed E-state index contributed by atoms with van der Waals surface area (Å²) >= 11 is 3.27. The van der Waals surface area contributed by atoms with E-state index in [1.807, 2.05) is 6.07 Å². The second-order valence-electron chi connectivity index (χ2n) is 4.57. The van der Waals surface area contributed by atoms with Gasteiger partial charge in [-0.15, -0.1) is 23.1 Å². The molecule has 0 radical (unpaired) electrons. The van der Waals surface area contributed by atoms with Crippen molar-refractivity contribution in [2.75, 3.05) is 12.3 Å². The third-order valence-electron chi connectivity index (χ3n) is 3.14. The number of nitrogens with zero attached hydrogens (tertiary/aromatic N) is 1. The molecule has 0 aliphatic heterocycles. The average Bonchev–Trinajstić information content (AvgIpc) is 2.88. The monoisotopic (exact) mass is 324 g/mol. The number of nitrogens with one attached hydrogen (secondary N) is 1. The largest absolute Gasteiger partial charge is 0.312 e. The van der Waals surface area contributed by atoms with E-state index in [1.54, 1.807) is 29.2 Å². The van der Waals surface area contributed by atoms with Crippen molar-refractivity contribution < 1.29 is 4.39 Å². The van der Waals surface area contributed by atoms with E-state index >= 15 is 0 Å². The van der Waals surface area contributed by atoms with E-state index in [9.17, 15) is 4.39 Å². The van der Waals surface area contributed by atoms with Gasteiger partial charge in [0, 0.05) is 16.3 Å². The van der Waals surface area contributed by atoms with E-state index in [0.717, 1.165) is 40.9 Å². The Kier molecular flexibility index (Phi) is 6.21. The Morgan fingerprint density at radius 3 is 2.76 bits per heavy atom. The van der Waals surface area contributed by atoms with Crippen LogP contribution in [0.25, 0.3) is 10.6 Å². The number of thiazole rings is 1. The first kappa shape index (κ1) is 16.5. The maximum absolute atomic E-state index is 14.3. The lowest BCUT2D eigenvalue weighted by Gasteiger charge is -2.06. The highest BCUT2D eigenvalue weighted by molar-refractivity contribution is 7.99. The van der Waals surface area contributed by atoms with Crippen molar-refractivity contribution >= 4 is 23.1 Å². The minimum atomic E-state index is -0.181. The quantitative estimate of drug-likeness (QED) is 0.745. The first-order chi connectivity index (χ1) is 10.2. The topological polar surface area (TPSA) is 24.9 Å². The Labute approximate surface area is 134 Å². The molecule has 1 aromatic carbocycles. The zero-order chi connectivity index (χ0) is 15.2. The molecular weight excluding hydrogens is 303 g/mol. The van der Waals surface area contributed by atoms with Crippen LogP contribution in [-0.4, -0.2) is 17.3 Å². The van der Waals surface area contributed by atoms with Gasteiger partial charge in [-0.2, -0.15) is 0 Å². The van der Waals surface area contributed by atoms with Crippen molar-refractivity contribution in [1.82, 2.24) is 10.3 Å². The predicted molar refractivity (Wildman–Crippen MR) is 90.7 cm³/mol. The lowest BCUT2D eigenvalue weighted by Crippen LogP contribution is -2.11. The van der Waals surface area contributed by atoms with Crippen LogP contribution in [0.1, 0.15) is 31.3 Å². The molecule has 1 aromatic heterocycles. The molecule has 21 heavy (non-hydrogen) atoms. The molecule has 0 bridgehead atoms. The first-order valence-electron chi connectivity index (χ1n) is 7.32. The van der Waals surface area contributed by atoms with Crippen LogP contribution in [0.2, 0.25) is 0 Å².